The fraction of sp³-hybridized carbons (Fsp3) is 0.636. The molecule has 1 aromatic heterocycles. The Kier molecular flexibility index (Phi) is 2.38. The molecule has 0 saturated carbocycles. The Balaban J connectivity index is 2.50. The van der Waals surface area contributed by atoms with Crippen molar-refractivity contribution in [3.63, 3.8) is 0 Å². The molecule has 1 aromatic rings. The summed E-state index contributed by atoms with van der Waals surface area (Å²) in [5.74, 6) is 0.660. The molecule has 0 amide bonds. The molecule has 0 bridgehead atoms. The van der Waals surface area contributed by atoms with Gasteiger partial charge in [-0.2, -0.15) is 0 Å². The highest BCUT2D eigenvalue weighted by Gasteiger charge is 2.34. The van der Waals surface area contributed by atoms with Crippen LogP contribution < -0.4 is 5.56 Å². The fourth-order valence-corrected chi connectivity index (χ4v) is 1.86. The van der Waals surface area contributed by atoms with Gasteiger partial charge in [-0.25, -0.2) is 4.98 Å². The maximum absolute atomic E-state index is 11.6. The van der Waals surface area contributed by atoms with Crippen LogP contribution >= 0.6 is 0 Å². The minimum absolute atomic E-state index is 0.0609. The summed E-state index contributed by atoms with van der Waals surface area (Å²) in [6.45, 7) is 6.36. The average molecular weight is 208 g/mol. The van der Waals surface area contributed by atoms with Gasteiger partial charge >= 0.3 is 0 Å². The monoisotopic (exact) mass is 208 g/mol. The third-order valence-electron chi connectivity index (χ3n) is 3.11. The molecule has 2 heterocycles. The SMILES string of the molecule is Cc1nc(C2(C)CCCO2)[nH]c(=O)c1C. The molecule has 1 saturated heterocycles. The van der Waals surface area contributed by atoms with Gasteiger partial charge in [-0.1, -0.05) is 0 Å². The average Bonchev–Trinajstić information content (AvgIpc) is 2.62. The first-order valence-electron chi connectivity index (χ1n) is 5.25. The number of nitrogens with one attached hydrogen (secondary N) is 1. The molecule has 1 aliphatic rings. The molecule has 4 heteroatoms. The third kappa shape index (κ3) is 1.69. The second-order valence-electron chi connectivity index (χ2n) is 4.31. The number of H-pyrrole nitrogens is 1. The molecule has 0 aromatic carbocycles. The largest absolute Gasteiger partial charge is 0.367 e. The molecule has 1 aliphatic heterocycles. The van der Waals surface area contributed by atoms with Crippen LogP contribution in [0.4, 0.5) is 0 Å². The first-order valence-corrected chi connectivity index (χ1v) is 5.25. The van der Waals surface area contributed by atoms with Crippen LogP contribution in [-0.2, 0) is 10.3 Å². The van der Waals surface area contributed by atoms with Crippen LogP contribution in [0, 0.1) is 13.8 Å². The van der Waals surface area contributed by atoms with E-state index in [1.807, 2.05) is 13.8 Å². The zero-order chi connectivity index (χ0) is 11.1. The van der Waals surface area contributed by atoms with Crippen molar-refractivity contribution in [2.75, 3.05) is 6.61 Å². The summed E-state index contributed by atoms with van der Waals surface area (Å²) in [6.07, 6.45) is 1.94. The Bertz CT molecular complexity index is 431. The smallest absolute Gasteiger partial charge is 0.254 e. The van der Waals surface area contributed by atoms with Gasteiger partial charge in [0.05, 0.1) is 0 Å². The summed E-state index contributed by atoms with van der Waals surface area (Å²) in [5.41, 5.74) is 0.998. The van der Waals surface area contributed by atoms with Crippen molar-refractivity contribution in [2.45, 2.75) is 39.2 Å². The second kappa shape index (κ2) is 3.45. The summed E-state index contributed by atoms with van der Waals surface area (Å²) in [4.78, 5) is 18.8. The summed E-state index contributed by atoms with van der Waals surface area (Å²) < 4.78 is 5.64. The van der Waals surface area contributed by atoms with E-state index in [-0.39, 0.29) is 5.56 Å². The van der Waals surface area contributed by atoms with Crippen molar-refractivity contribution in [3.05, 3.63) is 27.4 Å². The van der Waals surface area contributed by atoms with E-state index in [0.717, 1.165) is 25.1 Å². The lowest BCUT2D eigenvalue weighted by atomic mass is 10.0. The van der Waals surface area contributed by atoms with Crippen molar-refractivity contribution < 1.29 is 4.74 Å². The Hall–Kier alpha value is -1.16. The van der Waals surface area contributed by atoms with Gasteiger partial charge in [0.15, 0.2) is 0 Å². The van der Waals surface area contributed by atoms with Gasteiger partial charge < -0.3 is 9.72 Å². The Morgan fingerprint density at radius 3 is 2.73 bits per heavy atom. The topological polar surface area (TPSA) is 55.0 Å². The van der Waals surface area contributed by atoms with Crippen molar-refractivity contribution >= 4 is 0 Å². The molecule has 1 unspecified atom stereocenters. The molecular weight excluding hydrogens is 192 g/mol. The van der Waals surface area contributed by atoms with Gasteiger partial charge in [-0.15, -0.1) is 0 Å². The van der Waals surface area contributed by atoms with Crippen LogP contribution in [0.2, 0.25) is 0 Å². The number of ether oxygens (including phenoxy) is 1. The van der Waals surface area contributed by atoms with Crippen LogP contribution in [0.3, 0.4) is 0 Å². The quantitative estimate of drug-likeness (QED) is 0.759. The fourth-order valence-electron chi connectivity index (χ4n) is 1.86. The molecular formula is C11H16N2O2. The highest BCUT2D eigenvalue weighted by molar-refractivity contribution is 5.16. The molecule has 15 heavy (non-hydrogen) atoms. The van der Waals surface area contributed by atoms with Crippen molar-refractivity contribution in [1.29, 1.82) is 0 Å². The zero-order valence-electron chi connectivity index (χ0n) is 9.39. The maximum atomic E-state index is 11.6. The Labute approximate surface area is 88.7 Å². The molecule has 1 N–H and O–H groups in total. The van der Waals surface area contributed by atoms with Gasteiger partial charge in [-0.3, -0.25) is 4.79 Å². The van der Waals surface area contributed by atoms with E-state index >= 15 is 0 Å². The number of rotatable bonds is 1. The van der Waals surface area contributed by atoms with Gasteiger partial charge in [0.25, 0.3) is 5.56 Å². The minimum Gasteiger partial charge on any atom is -0.367 e. The zero-order valence-corrected chi connectivity index (χ0v) is 9.39. The van der Waals surface area contributed by atoms with Crippen molar-refractivity contribution in [1.82, 2.24) is 9.97 Å². The van der Waals surface area contributed by atoms with Crippen LogP contribution in [0.25, 0.3) is 0 Å². The molecule has 1 fully saturated rings. The van der Waals surface area contributed by atoms with Crippen molar-refractivity contribution in [2.24, 2.45) is 0 Å². The molecule has 1 atom stereocenters. The van der Waals surface area contributed by atoms with E-state index in [1.54, 1.807) is 6.92 Å². The number of hydrogen-bond acceptors (Lipinski definition) is 3. The summed E-state index contributed by atoms with van der Waals surface area (Å²) in [5, 5.41) is 0. The first kappa shape index (κ1) is 10.4. The lowest BCUT2D eigenvalue weighted by Crippen LogP contribution is -2.28. The molecule has 0 radical (unpaired) electrons. The lowest BCUT2D eigenvalue weighted by molar-refractivity contribution is 0.00896. The number of aromatic amines is 1. The first-order chi connectivity index (χ1) is 7.03. The van der Waals surface area contributed by atoms with Crippen LogP contribution in [0.1, 0.15) is 36.8 Å². The van der Waals surface area contributed by atoms with E-state index < -0.39 is 5.60 Å². The number of aromatic nitrogens is 2. The third-order valence-corrected chi connectivity index (χ3v) is 3.11. The number of hydrogen-bond donors (Lipinski definition) is 1. The minimum atomic E-state index is -0.405. The predicted octanol–water partition coefficient (Wildman–Crippen LogP) is 1.41. The number of aryl methyl sites for hydroxylation is 1. The molecule has 2 rings (SSSR count). The second-order valence-corrected chi connectivity index (χ2v) is 4.31. The summed E-state index contributed by atoms with van der Waals surface area (Å²) in [6, 6.07) is 0. The Morgan fingerprint density at radius 1 is 1.47 bits per heavy atom. The molecule has 82 valence electrons. The summed E-state index contributed by atoms with van der Waals surface area (Å²) >= 11 is 0. The molecule has 0 aliphatic carbocycles. The molecule has 4 nitrogen and oxygen atoms in total. The van der Waals surface area contributed by atoms with E-state index in [1.165, 1.54) is 0 Å². The van der Waals surface area contributed by atoms with Gasteiger partial charge in [0.1, 0.15) is 11.4 Å². The predicted molar refractivity (Wildman–Crippen MR) is 56.9 cm³/mol. The van der Waals surface area contributed by atoms with Crippen LogP contribution in [0.15, 0.2) is 4.79 Å². The van der Waals surface area contributed by atoms with Gasteiger partial charge in [0, 0.05) is 17.9 Å². The highest BCUT2D eigenvalue weighted by Crippen LogP contribution is 2.32. The van der Waals surface area contributed by atoms with E-state index in [2.05, 4.69) is 9.97 Å². The van der Waals surface area contributed by atoms with Crippen molar-refractivity contribution in [3.8, 4) is 0 Å². The standard InChI is InChI=1S/C11H16N2O2/c1-7-8(2)12-10(13-9(7)14)11(3)5-4-6-15-11/h4-6H2,1-3H3,(H,12,13,14). The van der Waals surface area contributed by atoms with E-state index in [4.69, 9.17) is 4.74 Å². The highest BCUT2D eigenvalue weighted by atomic mass is 16.5. The summed E-state index contributed by atoms with van der Waals surface area (Å²) in [7, 11) is 0. The maximum Gasteiger partial charge on any atom is 0.254 e. The van der Waals surface area contributed by atoms with Gasteiger partial charge in [-0.05, 0) is 33.6 Å². The Morgan fingerprint density at radius 2 is 2.20 bits per heavy atom. The van der Waals surface area contributed by atoms with Gasteiger partial charge in [0.2, 0.25) is 0 Å². The van der Waals surface area contributed by atoms with Crippen LogP contribution in [-0.4, -0.2) is 16.6 Å². The number of nitrogens with zero attached hydrogens (tertiary/aromatic N) is 1. The van der Waals surface area contributed by atoms with E-state index in [9.17, 15) is 4.79 Å². The lowest BCUT2D eigenvalue weighted by Gasteiger charge is -2.22. The van der Waals surface area contributed by atoms with Crippen LogP contribution in [0.5, 0.6) is 0 Å². The molecule has 0 spiro atoms. The normalized spacial score (nSPS) is 25.8. The van der Waals surface area contributed by atoms with E-state index in [0.29, 0.717) is 11.4 Å².